The number of carbonyl (C=O) groups is 2. The Morgan fingerprint density at radius 3 is 2.93 bits per heavy atom. The minimum atomic E-state index is -1.12. The number of aromatic nitrogens is 1. The lowest BCUT2D eigenvalue weighted by atomic mass is 10.1. The van der Waals surface area contributed by atoms with Crippen LogP contribution in [-0.2, 0) is 4.79 Å². The van der Waals surface area contributed by atoms with Gasteiger partial charge in [0.05, 0.1) is 0 Å². The zero-order valence-corrected chi connectivity index (χ0v) is 7.88. The Morgan fingerprint density at radius 1 is 1.60 bits per heavy atom. The van der Waals surface area contributed by atoms with Crippen LogP contribution in [0.2, 0.25) is 0 Å². The van der Waals surface area contributed by atoms with E-state index in [0.29, 0.717) is 5.56 Å². The maximum Gasteiger partial charge on any atom is 0.339 e. The van der Waals surface area contributed by atoms with Crippen LogP contribution in [0.3, 0.4) is 0 Å². The fraction of sp³-hybridized carbons (Fsp3) is 0.100. The van der Waals surface area contributed by atoms with Gasteiger partial charge in [-0.2, -0.15) is 0 Å². The van der Waals surface area contributed by atoms with Gasteiger partial charge in [-0.05, 0) is 11.6 Å². The van der Waals surface area contributed by atoms with Crippen LogP contribution < -0.4 is 5.73 Å². The monoisotopic (exact) mass is 206 g/mol. The number of allylic oxidation sites excluding steroid dienone is 1. The first-order valence-corrected chi connectivity index (χ1v) is 4.24. The van der Waals surface area contributed by atoms with E-state index in [1.807, 2.05) is 0 Å². The third-order valence-electron chi connectivity index (χ3n) is 1.71. The van der Waals surface area contributed by atoms with Crippen LogP contribution in [0.4, 0.5) is 5.82 Å². The molecule has 0 aliphatic rings. The Hall–Kier alpha value is -2.17. The van der Waals surface area contributed by atoms with Crippen LogP contribution in [0, 0.1) is 0 Å². The predicted octanol–water partition coefficient (Wildman–Crippen LogP) is 0.964. The summed E-state index contributed by atoms with van der Waals surface area (Å²) in [5, 5.41) is 8.76. The number of nitrogens with two attached hydrogens (primary N) is 1. The van der Waals surface area contributed by atoms with Crippen molar-refractivity contribution in [2.24, 2.45) is 0 Å². The van der Waals surface area contributed by atoms with Gasteiger partial charge in [0, 0.05) is 12.6 Å². The number of aldehydes is 1. The smallest absolute Gasteiger partial charge is 0.339 e. The number of aromatic carboxylic acids is 1. The quantitative estimate of drug-likeness (QED) is 0.716. The van der Waals surface area contributed by atoms with Crippen molar-refractivity contribution in [2.45, 2.75) is 6.42 Å². The molecule has 0 aliphatic carbocycles. The summed E-state index contributed by atoms with van der Waals surface area (Å²) in [6, 6.07) is 1.41. The fourth-order valence-electron chi connectivity index (χ4n) is 1.01. The van der Waals surface area contributed by atoms with Gasteiger partial charge in [-0.3, -0.25) is 0 Å². The first-order chi connectivity index (χ1) is 7.15. The highest BCUT2D eigenvalue weighted by Gasteiger charge is 2.08. The number of nitrogen functional groups attached to an aromatic ring is 1. The van der Waals surface area contributed by atoms with E-state index >= 15 is 0 Å². The molecule has 5 heteroatoms. The van der Waals surface area contributed by atoms with Crippen molar-refractivity contribution in [2.75, 3.05) is 5.73 Å². The minimum absolute atomic E-state index is 0.0185. The summed E-state index contributed by atoms with van der Waals surface area (Å²) in [6.07, 6.45) is 5.72. The largest absolute Gasteiger partial charge is 0.478 e. The highest BCUT2D eigenvalue weighted by molar-refractivity contribution is 5.93. The fourth-order valence-corrected chi connectivity index (χ4v) is 1.01. The summed E-state index contributed by atoms with van der Waals surface area (Å²) >= 11 is 0. The number of hydrogen-bond donors (Lipinski definition) is 2. The Morgan fingerprint density at radius 2 is 2.33 bits per heavy atom. The average Bonchev–Trinajstić information content (AvgIpc) is 2.20. The topological polar surface area (TPSA) is 93.3 Å². The second-order valence-corrected chi connectivity index (χ2v) is 2.81. The SMILES string of the molecule is Nc1ncc(C=CCC=O)cc1C(=O)O. The van der Waals surface area contributed by atoms with Crippen LogP contribution in [-0.4, -0.2) is 22.3 Å². The number of nitrogens with zero attached hydrogens (tertiary/aromatic N) is 1. The van der Waals surface area contributed by atoms with Crippen LogP contribution in [0.25, 0.3) is 6.08 Å². The van der Waals surface area contributed by atoms with E-state index in [-0.39, 0.29) is 17.8 Å². The molecule has 5 nitrogen and oxygen atoms in total. The molecule has 0 bridgehead atoms. The second kappa shape index (κ2) is 4.90. The van der Waals surface area contributed by atoms with Gasteiger partial charge >= 0.3 is 5.97 Å². The molecule has 1 aromatic heterocycles. The number of hydrogen-bond acceptors (Lipinski definition) is 4. The third-order valence-corrected chi connectivity index (χ3v) is 1.71. The van der Waals surface area contributed by atoms with Gasteiger partial charge in [-0.1, -0.05) is 12.2 Å². The van der Waals surface area contributed by atoms with E-state index in [1.165, 1.54) is 12.3 Å². The normalized spacial score (nSPS) is 10.4. The van der Waals surface area contributed by atoms with Crippen LogP contribution in [0.5, 0.6) is 0 Å². The zero-order valence-electron chi connectivity index (χ0n) is 7.88. The van der Waals surface area contributed by atoms with Crippen molar-refractivity contribution in [1.29, 1.82) is 0 Å². The van der Waals surface area contributed by atoms with E-state index < -0.39 is 5.97 Å². The van der Waals surface area contributed by atoms with Crippen LogP contribution >= 0.6 is 0 Å². The van der Waals surface area contributed by atoms with Crippen LogP contribution in [0.15, 0.2) is 18.3 Å². The third kappa shape index (κ3) is 2.91. The number of carboxylic acid groups (broad SMARTS) is 1. The van der Waals surface area contributed by atoms with Crippen molar-refractivity contribution < 1.29 is 14.7 Å². The van der Waals surface area contributed by atoms with Gasteiger partial charge < -0.3 is 15.6 Å². The Kier molecular flexibility index (Phi) is 3.56. The lowest BCUT2D eigenvalue weighted by molar-refractivity contribution is -0.107. The molecular weight excluding hydrogens is 196 g/mol. The molecule has 78 valence electrons. The van der Waals surface area contributed by atoms with E-state index in [0.717, 1.165) is 6.29 Å². The predicted molar refractivity (Wildman–Crippen MR) is 55.3 cm³/mol. The molecule has 0 fully saturated rings. The van der Waals surface area contributed by atoms with E-state index in [2.05, 4.69) is 4.98 Å². The van der Waals surface area contributed by atoms with Gasteiger partial charge in [0.15, 0.2) is 0 Å². The lowest BCUT2D eigenvalue weighted by Crippen LogP contribution is -2.04. The van der Waals surface area contributed by atoms with E-state index in [4.69, 9.17) is 10.8 Å². The number of anilines is 1. The summed E-state index contributed by atoms with van der Waals surface area (Å²) < 4.78 is 0. The zero-order chi connectivity index (χ0) is 11.3. The summed E-state index contributed by atoms with van der Waals surface area (Å²) in [5.74, 6) is -1.14. The molecule has 0 radical (unpaired) electrons. The van der Waals surface area contributed by atoms with Crippen molar-refractivity contribution in [1.82, 2.24) is 4.98 Å². The maximum atomic E-state index is 10.7. The Balaban J connectivity index is 2.97. The van der Waals surface area contributed by atoms with Crippen molar-refractivity contribution in [3.63, 3.8) is 0 Å². The molecule has 1 rings (SSSR count). The molecule has 15 heavy (non-hydrogen) atoms. The maximum absolute atomic E-state index is 10.7. The summed E-state index contributed by atoms with van der Waals surface area (Å²) in [6.45, 7) is 0. The Labute approximate surface area is 86.2 Å². The molecule has 1 heterocycles. The number of carboxylic acids is 1. The van der Waals surface area contributed by atoms with E-state index in [9.17, 15) is 9.59 Å². The van der Waals surface area contributed by atoms with Crippen molar-refractivity contribution >= 4 is 24.1 Å². The molecule has 0 saturated heterocycles. The minimum Gasteiger partial charge on any atom is -0.478 e. The van der Waals surface area contributed by atoms with Gasteiger partial charge in [-0.25, -0.2) is 9.78 Å². The standard InChI is InChI=1S/C10H10N2O3/c11-9-8(10(14)15)5-7(6-12-9)3-1-2-4-13/h1,3-6H,2H2,(H2,11,12)(H,14,15). The van der Waals surface area contributed by atoms with Gasteiger partial charge in [0.25, 0.3) is 0 Å². The molecule has 1 aromatic rings. The van der Waals surface area contributed by atoms with Crippen molar-refractivity contribution in [3.05, 3.63) is 29.5 Å². The molecule has 0 aliphatic heterocycles. The summed E-state index contributed by atoms with van der Waals surface area (Å²) in [5.41, 5.74) is 5.93. The van der Waals surface area contributed by atoms with Gasteiger partial charge in [0.2, 0.25) is 0 Å². The van der Waals surface area contributed by atoms with Crippen LogP contribution in [0.1, 0.15) is 22.3 Å². The number of pyridine rings is 1. The molecule has 0 amide bonds. The molecule has 0 spiro atoms. The molecular formula is C10H10N2O3. The van der Waals surface area contributed by atoms with Gasteiger partial charge in [0.1, 0.15) is 17.7 Å². The molecule has 0 saturated carbocycles. The second-order valence-electron chi connectivity index (χ2n) is 2.81. The first-order valence-electron chi connectivity index (χ1n) is 4.24. The molecule has 0 aromatic carbocycles. The average molecular weight is 206 g/mol. The van der Waals surface area contributed by atoms with Crippen molar-refractivity contribution in [3.8, 4) is 0 Å². The lowest BCUT2D eigenvalue weighted by Gasteiger charge is -2.00. The van der Waals surface area contributed by atoms with Gasteiger partial charge in [-0.15, -0.1) is 0 Å². The highest BCUT2D eigenvalue weighted by Crippen LogP contribution is 2.11. The number of carbonyl (C=O) groups excluding carboxylic acids is 1. The molecule has 3 N–H and O–H groups in total. The summed E-state index contributed by atoms with van der Waals surface area (Å²) in [7, 11) is 0. The molecule has 0 unspecified atom stereocenters. The van der Waals surface area contributed by atoms with E-state index in [1.54, 1.807) is 12.2 Å². The number of rotatable bonds is 4. The Bertz CT molecular complexity index is 413. The highest BCUT2D eigenvalue weighted by atomic mass is 16.4. The summed E-state index contributed by atoms with van der Waals surface area (Å²) in [4.78, 5) is 24.5. The molecule has 0 atom stereocenters. The first kappa shape index (κ1) is 10.9.